The van der Waals surface area contributed by atoms with Crippen molar-refractivity contribution in [3.63, 3.8) is 0 Å². The molecule has 1 atom stereocenters. The lowest BCUT2D eigenvalue weighted by molar-refractivity contribution is -0.138. The maximum absolute atomic E-state index is 12.2. The number of amidine groups is 1. The van der Waals surface area contributed by atoms with Crippen molar-refractivity contribution >= 4 is 29.3 Å². The lowest BCUT2D eigenvalue weighted by atomic mass is 9.81. The number of carbonyl (C=O) groups is 1. The van der Waals surface area contributed by atoms with E-state index in [0.29, 0.717) is 17.9 Å². The van der Waals surface area contributed by atoms with Crippen molar-refractivity contribution < 1.29 is 13.7 Å². The summed E-state index contributed by atoms with van der Waals surface area (Å²) in [6.45, 7) is 11.4. The van der Waals surface area contributed by atoms with Gasteiger partial charge in [-0.05, 0) is 62.1 Å². The van der Waals surface area contributed by atoms with Crippen LogP contribution in [0.5, 0.6) is 0 Å². The molecule has 1 heterocycles. The monoisotopic (exact) mass is 384 g/mol. The van der Waals surface area contributed by atoms with Gasteiger partial charge in [0.1, 0.15) is 0 Å². The number of nitrogens with zero attached hydrogens (tertiary/aromatic N) is 2. The summed E-state index contributed by atoms with van der Waals surface area (Å²) in [4.78, 5) is 20.4. The molecule has 2 rings (SSSR count). The largest absolute Gasteiger partial charge is 0.463 e. The van der Waals surface area contributed by atoms with Crippen molar-refractivity contribution in [1.29, 1.82) is 0 Å². The van der Waals surface area contributed by atoms with Crippen molar-refractivity contribution in [3.05, 3.63) is 41.1 Å². The van der Waals surface area contributed by atoms with Crippen molar-refractivity contribution in [2.24, 2.45) is 9.98 Å². The summed E-state index contributed by atoms with van der Waals surface area (Å²) in [5.74, 6) is 6.34. The molecule has 5 nitrogen and oxygen atoms in total. The molecule has 0 saturated carbocycles. The fraction of sp³-hybridized carbons (Fsp3) is 0.381. The van der Waals surface area contributed by atoms with Crippen LogP contribution in [0.3, 0.4) is 0 Å². The van der Waals surface area contributed by atoms with E-state index in [1.54, 1.807) is 13.8 Å². The highest BCUT2D eigenvalue weighted by atomic mass is 32.2. The van der Waals surface area contributed by atoms with E-state index >= 15 is 0 Å². The van der Waals surface area contributed by atoms with Gasteiger partial charge in [0, 0.05) is 22.4 Å². The van der Waals surface area contributed by atoms with E-state index < -0.39 is 16.8 Å². The van der Waals surface area contributed by atoms with E-state index in [4.69, 9.17) is 4.74 Å². The molecular formula is C21H24N2O3S. The zero-order valence-electron chi connectivity index (χ0n) is 16.2. The van der Waals surface area contributed by atoms with Gasteiger partial charge in [-0.2, -0.15) is 0 Å². The van der Waals surface area contributed by atoms with Crippen LogP contribution in [0.2, 0.25) is 0 Å². The first-order chi connectivity index (χ1) is 12.8. The van der Waals surface area contributed by atoms with Crippen molar-refractivity contribution in [1.82, 2.24) is 0 Å². The number of hydrogen-bond donors (Lipinski definition) is 0. The average molecular weight is 385 g/mol. The molecule has 6 heteroatoms. The van der Waals surface area contributed by atoms with Gasteiger partial charge >= 0.3 is 5.97 Å². The Kier molecular flexibility index (Phi) is 6.86. The summed E-state index contributed by atoms with van der Waals surface area (Å²) < 4.78 is 17.1. The normalized spacial score (nSPS) is 18.7. The molecule has 142 valence electrons. The van der Waals surface area contributed by atoms with Gasteiger partial charge in [-0.25, -0.2) is 14.8 Å². The fourth-order valence-corrected chi connectivity index (χ4v) is 4.34. The second kappa shape index (κ2) is 8.92. The first-order valence-electron chi connectivity index (χ1n) is 8.72. The SMILES string of the molecule is C=NC(C#Cc1ccc2c(c1)C(C)(C)CCS2=O)=N/C=C(\C)C(=O)OCC. The molecule has 0 fully saturated rings. The number of rotatable bonds is 3. The molecular weight excluding hydrogens is 360 g/mol. The van der Waals surface area contributed by atoms with Gasteiger partial charge in [0.25, 0.3) is 0 Å². The van der Waals surface area contributed by atoms with E-state index in [-0.39, 0.29) is 11.3 Å². The quantitative estimate of drug-likeness (QED) is 0.264. The first-order valence-corrected chi connectivity index (χ1v) is 10.0. The van der Waals surface area contributed by atoms with Gasteiger partial charge in [-0.15, -0.1) is 0 Å². The number of esters is 1. The smallest absolute Gasteiger partial charge is 0.335 e. The first kappa shape index (κ1) is 20.8. The topological polar surface area (TPSA) is 68.1 Å². The van der Waals surface area contributed by atoms with Crippen LogP contribution in [0.25, 0.3) is 0 Å². The summed E-state index contributed by atoms with van der Waals surface area (Å²) in [6.07, 6.45) is 2.25. The van der Waals surface area contributed by atoms with Crippen LogP contribution in [0.1, 0.15) is 45.2 Å². The Morgan fingerprint density at radius 1 is 1.44 bits per heavy atom. The molecule has 0 bridgehead atoms. The third kappa shape index (κ3) is 5.24. The molecule has 27 heavy (non-hydrogen) atoms. The van der Waals surface area contributed by atoms with E-state index in [1.807, 2.05) is 18.2 Å². The van der Waals surface area contributed by atoms with Crippen LogP contribution in [0, 0.1) is 11.8 Å². The third-order valence-electron chi connectivity index (χ3n) is 4.31. The number of fused-ring (bicyclic) bond motifs is 1. The Morgan fingerprint density at radius 2 is 2.19 bits per heavy atom. The van der Waals surface area contributed by atoms with Gasteiger partial charge in [0.05, 0.1) is 23.0 Å². The Balaban J connectivity index is 2.29. The van der Waals surface area contributed by atoms with Crippen LogP contribution < -0.4 is 0 Å². The number of hydrogen-bond acceptors (Lipinski definition) is 4. The Labute approximate surface area is 163 Å². The minimum Gasteiger partial charge on any atom is -0.463 e. The predicted molar refractivity (Wildman–Crippen MR) is 110 cm³/mol. The van der Waals surface area contributed by atoms with Gasteiger partial charge in [0.15, 0.2) is 0 Å². The minimum atomic E-state index is -0.951. The molecule has 0 amide bonds. The van der Waals surface area contributed by atoms with Crippen molar-refractivity contribution in [2.45, 2.75) is 44.4 Å². The molecule has 1 aromatic rings. The molecule has 0 aliphatic carbocycles. The molecule has 1 aliphatic rings. The zero-order chi connectivity index (χ0) is 20.0. The van der Waals surface area contributed by atoms with E-state index in [0.717, 1.165) is 22.4 Å². The van der Waals surface area contributed by atoms with Crippen LogP contribution in [0.15, 0.2) is 44.9 Å². The highest BCUT2D eigenvalue weighted by molar-refractivity contribution is 7.85. The van der Waals surface area contributed by atoms with Crippen LogP contribution >= 0.6 is 0 Å². The highest BCUT2D eigenvalue weighted by Crippen LogP contribution is 2.37. The van der Waals surface area contributed by atoms with Crippen LogP contribution in [-0.2, 0) is 25.7 Å². The summed E-state index contributed by atoms with van der Waals surface area (Å²) in [5.41, 5.74) is 2.19. The minimum absolute atomic E-state index is 0.0337. The number of carbonyl (C=O) groups excluding carboxylic acids is 1. The Hall–Kier alpha value is -2.52. The molecule has 0 saturated heterocycles. The van der Waals surface area contributed by atoms with Crippen LogP contribution in [-0.4, -0.2) is 35.1 Å². The Morgan fingerprint density at radius 3 is 2.85 bits per heavy atom. The highest BCUT2D eigenvalue weighted by Gasteiger charge is 2.31. The Bertz CT molecular complexity index is 902. The molecule has 0 aromatic heterocycles. The van der Waals surface area contributed by atoms with E-state index in [1.165, 1.54) is 6.20 Å². The van der Waals surface area contributed by atoms with Crippen LogP contribution in [0.4, 0.5) is 0 Å². The number of ether oxygens (including phenoxy) is 1. The van der Waals surface area contributed by atoms with Crippen molar-refractivity contribution in [3.8, 4) is 11.8 Å². The average Bonchev–Trinajstić information content (AvgIpc) is 2.65. The van der Waals surface area contributed by atoms with Gasteiger partial charge in [-0.1, -0.05) is 19.8 Å². The maximum atomic E-state index is 12.2. The van der Waals surface area contributed by atoms with E-state index in [2.05, 4.69) is 42.4 Å². The zero-order valence-corrected chi connectivity index (χ0v) is 17.0. The third-order valence-corrected chi connectivity index (χ3v) is 5.73. The van der Waals surface area contributed by atoms with Gasteiger partial charge < -0.3 is 4.74 Å². The van der Waals surface area contributed by atoms with Gasteiger partial charge in [-0.3, -0.25) is 4.21 Å². The molecule has 0 N–H and O–H groups in total. The molecule has 1 unspecified atom stereocenters. The maximum Gasteiger partial charge on any atom is 0.335 e. The molecule has 1 aliphatic heterocycles. The summed E-state index contributed by atoms with van der Waals surface area (Å²) in [7, 11) is -0.951. The van der Waals surface area contributed by atoms with Gasteiger partial charge in [0.2, 0.25) is 5.84 Å². The molecule has 0 spiro atoms. The summed E-state index contributed by atoms with van der Waals surface area (Å²) in [5, 5.41) is 0. The summed E-state index contributed by atoms with van der Waals surface area (Å²) >= 11 is 0. The lowest BCUT2D eigenvalue weighted by Gasteiger charge is -2.31. The fourth-order valence-electron chi connectivity index (χ4n) is 2.62. The number of benzene rings is 1. The number of aliphatic imine (C=N–C) groups is 2. The molecule has 1 aromatic carbocycles. The van der Waals surface area contributed by atoms with Crippen molar-refractivity contribution in [2.75, 3.05) is 12.4 Å². The second-order valence-electron chi connectivity index (χ2n) is 6.79. The summed E-state index contributed by atoms with van der Waals surface area (Å²) in [6, 6.07) is 5.73. The second-order valence-corrected chi connectivity index (χ2v) is 8.33. The molecule has 0 radical (unpaired) electrons. The standard InChI is InChI=1S/C21H24N2O3S/c1-6-26-20(24)15(2)14-23-19(22-5)10-8-16-7-9-18-17(13-16)21(3,4)11-12-27(18)25/h7,9,13-14H,5-6,11-12H2,1-4H3/b15-14+,23-19?. The van der Waals surface area contributed by atoms with E-state index in [9.17, 15) is 9.00 Å². The predicted octanol–water partition coefficient (Wildman–Crippen LogP) is 3.39. The lowest BCUT2D eigenvalue weighted by Crippen LogP contribution is -2.27.